The Morgan fingerprint density at radius 3 is 2.15 bits per heavy atom. The number of carbonyl (C=O) groups excluding carboxylic acids is 2. The molecule has 16 heteroatoms. The molecule has 48 heavy (non-hydrogen) atoms. The predicted octanol–water partition coefficient (Wildman–Crippen LogP) is 1.09. The first-order valence-corrected chi connectivity index (χ1v) is 16.6. The molecule has 268 valence electrons. The van der Waals surface area contributed by atoms with Gasteiger partial charge in [-0.1, -0.05) is 50.8 Å². The summed E-state index contributed by atoms with van der Waals surface area (Å²) >= 11 is 0. The van der Waals surface area contributed by atoms with Gasteiger partial charge in [-0.2, -0.15) is 4.31 Å². The van der Waals surface area contributed by atoms with Crippen molar-refractivity contribution in [1.29, 1.82) is 0 Å². The number of nitrogens with one attached hydrogen (secondary N) is 2. The van der Waals surface area contributed by atoms with Crippen LogP contribution in [0.5, 0.6) is 0 Å². The number of hydrogen-bond donors (Lipinski definition) is 7. The molecule has 2 amide bonds. The fraction of sp³-hybridized carbons (Fsp3) is 0.469. The Balaban J connectivity index is 0.000000747. The first-order chi connectivity index (χ1) is 22.6. The van der Waals surface area contributed by atoms with Gasteiger partial charge in [0.25, 0.3) is 0 Å². The van der Waals surface area contributed by atoms with Crippen LogP contribution in [-0.4, -0.2) is 109 Å². The Labute approximate surface area is 281 Å². The second-order valence-corrected chi connectivity index (χ2v) is 13.0. The number of nitrogen functional groups attached to an aromatic ring is 1. The SMILES string of the molecule is C=CC(=O)NCO.CC(C)CN(C[C@@H](O)[C@H](Cc1ccccc1)NC(=O)O[C@H]1CCOC1)S(=O)(=O)c1ccc(N)cc1.CC(O)C(=O)O. The largest absolute Gasteiger partial charge is 0.479 e. The first kappa shape index (κ1) is 42.0. The molecule has 0 bridgehead atoms. The van der Waals surface area contributed by atoms with E-state index < -0.39 is 40.3 Å². The van der Waals surface area contributed by atoms with Gasteiger partial charge in [0.1, 0.15) is 18.9 Å². The number of aliphatic hydroxyl groups is 3. The molecule has 0 spiro atoms. The van der Waals surface area contributed by atoms with Crippen LogP contribution in [0.1, 0.15) is 32.8 Å². The molecule has 1 unspecified atom stereocenters. The van der Waals surface area contributed by atoms with Crippen molar-refractivity contribution in [2.24, 2.45) is 5.92 Å². The molecule has 1 heterocycles. The number of hydrogen-bond acceptors (Lipinski definition) is 11. The summed E-state index contributed by atoms with van der Waals surface area (Å²) in [6.07, 6.45) is -1.42. The number of nitrogens with zero attached hydrogens (tertiary/aromatic N) is 1. The summed E-state index contributed by atoms with van der Waals surface area (Å²) in [5, 5.41) is 39.8. The zero-order valence-corrected chi connectivity index (χ0v) is 28.2. The summed E-state index contributed by atoms with van der Waals surface area (Å²) in [4.78, 5) is 32.1. The van der Waals surface area contributed by atoms with E-state index in [-0.39, 0.29) is 42.6 Å². The molecular weight excluding hydrogens is 648 g/mol. The highest BCUT2D eigenvalue weighted by Gasteiger charge is 2.32. The average Bonchev–Trinajstić information content (AvgIpc) is 3.54. The van der Waals surface area contributed by atoms with Gasteiger partial charge in [0.15, 0.2) is 0 Å². The van der Waals surface area contributed by atoms with Gasteiger partial charge in [-0.05, 0) is 55.2 Å². The van der Waals surface area contributed by atoms with Gasteiger partial charge in [0.2, 0.25) is 15.9 Å². The number of amides is 2. The van der Waals surface area contributed by atoms with Gasteiger partial charge in [-0.15, -0.1) is 0 Å². The lowest BCUT2D eigenvalue weighted by molar-refractivity contribution is -0.145. The maximum atomic E-state index is 13.4. The molecule has 0 radical (unpaired) electrons. The van der Waals surface area contributed by atoms with E-state index in [1.165, 1.54) is 35.5 Å². The summed E-state index contributed by atoms with van der Waals surface area (Å²) in [5.74, 6) is -1.53. The number of benzene rings is 2. The quantitative estimate of drug-likeness (QED) is 0.0835. The van der Waals surface area contributed by atoms with Crippen molar-refractivity contribution in [2.75, 3.05) is 38.8 Å². The fourth-order valence-corrected chi connectivity index (χ4v) is 5.67. The third kappa shape index (κ3) is 16.2. The minimum Gasteiger partial charge on any atom is -0.479 e. The maximum absolute atomic E-state index is 13.4. The van der Waals surface area contributed by atoms with E-state index in [0.717, 1.165) is 11.6 Å². The number of aliphatic carboxylic acids is 1. The summed E-state index contributed by atoms with van der Waals surface area (Å²) in [6.45, 7) is 8.69. The van der Waals surface area contributed by atoms with Crippen molar-refractivity contribution in [1.82, 2.24) is 14.9 Å². The smallest absolute Gasteiger partial charge is 0.407 e. The van der Waals surface area contributed by atoms with Crippen LogP contribution in [0.3, 0.4) is 0 Å². The van der Waals surface area contributed by atoms with Crippen molar-refractivity contribution in [3.63, 3.8) is 0 Å². The Bertz CT molecular complexity index is 1370. The van der Waals surface area contributed by atoms with E-state index in [1.807, 2.05) is 44.2 Å². The molecule has 0 aliphatic carbocycles. The van der Waals surface area contributed by atoms with Crippen LogP contribution in [0.2, 0.25) is 0 Å². The van der Waals surface area contributed by atoms with Crippen LogP contribution in [0.4, 0.5) is 10.5 Å². The van der Waals surface area contributed by atoms with Gasteiger partial charge in [0, 0.05) is 25.2 Å². The fourth-order valence-electron chi connectivity index (χ4n) is 4.05. The Hall–Kier alpha value is -4.06. The lowest BCUT2D eigenvalue weighted by Crippen LogP contribution is -2.51. The minimum absolute atomic E-state index is 0.0126. The molecule has 1 aliphatic heterocycles. The van der Waals surface area contributed by atoms with Crippen molar-refractivity contribution in [2.45, 2.75) is 62.9 Å². The number of nitrogens with two attached hydrogens (primary N) is 1. The maximum Gasteiger partial charge on any atom is 0.407 e. The molecule has 15 nitrogen and oxygen atoms in total. The number of alkyl carbamates (subject to hydrolysis) is 1. The van der Waals surface area contributed by atoms with Crippen molar-refractivity contribution < 1.29 is 52.7 Å². The highest BCUT2D eigenvalue weighted by molar-refractivity contribution is 7.89. The monoisotopic (exact) mass is 696 g/mol. The number of anilines is 1. The third-order valence-corrected chi connectivity index (χ3v) is 8.35. The van der Waals surface area contributed by atoms with E-state index in [9.17, 15) is 27.9 Å². The third-order valence-electron chi connectivity index (χ3n) is 6.50. The Morgan fingerprint density at radius 2 is 1.69 bits per heavy atom. The predicted molar refractivity (Wildman–Crippen MR) is 178 cm³/mol. The number of carbonyl (C=O) groups is 3. The number of aliphatic hydroxyl groups excluding tert-OH is 3. The molecule has 1 aliphatic rings. The van der Waals surface area contributed by atoms with E-state index in [1.54, 1.807) is 0 Å². The van der Waals surface area contributed by atoms with Crippen LogP contribution < -0.4 is 16.4 Å². The lowest BCUT2D eigenvalue weighted by atomic mass is 10.0. The first-order valence-electron chi connectivity index (χ1n) is 15.1. The second kappa shape index (κ2) is 21.7. The summed E-state index contributed by atoms with van der Waals surface area (Å²) in [5.41, 5.74) is 7.06. The van der Waals surface area contributed by atoms with E-state index in [0.29, 0.717) is 31.7 Å². The zero-order chi connectivity index (χ0) is 36.3. The molecule has 4 atom stereocenters. The Morgan fingerprint density at radius 1 is 1.08 bits per heavy atom. The van der Waals surface area contributed by atoms with Crippen LogP contribution in [-0.2, 0) is 35.5 Å². The summed E-state index contributed by atoms with van der Waals surface area (Å²) < 4.78 is 38.7. The molecule has 2 aromatic carbocycles. The molecule has 3 rings (SSSR count). The van der Waals surface area contributed by atoms with E-state index in [4.69, 9.17) is 30.5 Å². The zero-order valence-electron chi connectivity index (χ0n) is 27.4. The number of carboxylic acid groups (broad SMARTS) is 1. The topological polar surface area (TPSA) is 238 Å². The molecule has 0 aromatic heterocycles. The highest BCUT2D eigenvalue weighted by Crippen LogP contribution is 2.20. The van der Waals surface area contributed by atoms with Crippen molar-refractivity contribution in [3.05, 3.63) is 72.8 Å². The number of rotatable bonds is 14. The molecule has 1 fully saturated rings. The summed E-state index contributed by atoms with van der Waals surface area (Å²) in [6, 6.07) is 14.6. The molecule has 2 aromatic rings. The van der Waals surface area contributed by atoms with Gasteiger partial charge >= 0.3 is 12.1 Å². The molecule has 8 N–H and O–H groups in total. The van der Waals surface area contributed by atoms with Gasteiger partial charge in [0.05, 0.1) is 30.3 Å². The van der Waals surface area contributed by atoms with Crippen LogP contribution in [0.15, 0.2) is 72.1 Å². The number of ether oxygens (including phenoxy) is 2. The Kier molecular flexibility index (Phi) is 19.0. The molecule has 0 saturated carbocycles. The van der Waals surface area contributed by atoms with Crippen LogP contribution >= 0.6 is 0 Å². The van der Waals surface area contributed by atoms with E-state index >= 15 is 0 Å². The van der Waals surface area contributed by atoms with Gasteiger partial charge < -0.3 is 46.3 Å². The average molecular weight is 697 g/mol. The summed E-state index contributed by atoms with van der Waals surface area (Å²) in [7, 11) is -3.90. The lowest BCUT2D eigenvalue weighted by Gasteiger charge is -2.30. The van der Waals surface area contributed by atoms with Crippen LogP contribution in [0, 0.1) is 5.92 Å². The van der Waals surface area contributed by atoms with Gasteiger partial charge in [-0.3, -0.25) is 4.79 Å². The van der Waals surface area contributed by atoms with Gasteiger partial charge in [-0.25, -0.2) is 18.0 Å². The van der Waals surface area contributed by atoms with E-state index in [2.05, 4.69) is 17.2 Å². The van der Waals surface area contributed by atoms with Crippen LogP contribution in [0.25, 0.3) is 0 Å². The number of sulfonamides is 1. The highest BCUT2D eigenvalue weighted by atomic mass is 32.2. The number of carboxylic acids is 1. The van der Waals surface area contributed by atoms with Crippen molar-refractivity contribution in [3.8, 4) is 0 Å². The normalized spacial score (nSPS) is 15.9. The van der Waals surface area contributed by atoms with Crippen molar-refractivity contribution >= 4 is 33.7 Å². The second-order valence-electron chi connectivity index (χ2n) is 11.1. The molecule has 1 saturated heterocycles. The minimum atomic E-state index is -3.90. The molecular formula is C32H48N4O11S. The standard InChI is InChI=1S/C25H35N3O6S.C4H7NO2.C3H6O3/c1-18(2)15-28(35(31,32)22-10-8-20(26)9-11-22)16-24(29)23(14-19-6-4-3-5-7-19)27-25(30)34-21-12-13-33-17-21;1-2-4(7)5-3-6;1-2(4)3(5)6/h3-11,18,21,23-24,29H,12-17,26H2,1-2H3,(H,27,30);2,6H,1,3H2,(H,5,7);2,4H,1H3,(H,5,6)/t21-,23-,24+;;/m0../s1.